The van der Waals surface area contributed by atoms with E-state index in [-0.39, 0.29) is 12.6 Å². The van der Waals surface area contributed by atoms with Gasteiger partial charge in [0, 0.05) is 12.6 Å². The van der Waals surface area contributed by atoms with E-state index in [0.717, 1.165) is 11.1 Å². The van der Waals surface area contributed by atoms with Crippen LogP contribution in [-0.4, -0.2) is 24.4 Å². The maximum atomic E-state index is 8.74. The second-order valence-electron chi connectivity index (χ2n) is 4.09. The van der Waals surface area contributed by atoms with Gasteiger partial charge in [-0.05, 0) is 29.3 Å². The van der Waals surface area contributed by atoms with E-state index in [4.69, 9.17) is 15.6 Å². The van der Waals surface area contributed by atoms with E-state index in [0.29, 0.717) is 13.0 Å². The predicted molar refractivity (Wildman–Crippen MR) is 69.1 cm³/mol. The van der Waals surface area contributed by atoms with Crippen molar-refractivity contribution in [2.75, 3.05) is 13.2 Å². The highest BCUT2D eigenvalue weighted by atomic mass is 16.5. The molecular formula is C14H17NO2. The molecule has 17 heavy (non-hydrogen) atoms. The first-order valence-corrected chi connectivity index (χ1v) is 5.77. The Morgan fingerprint density at radius 2 is 1.88 bits per heavy atom. The molecule has 0 aliphatic heterocycles. The highest BCUT2D eigenvalue weighted by Crippen LogP contribution is 2.20. The summed E-state index contributed by atoms with van der Waals surface area (Å²) in [4.78, 5) is 0. The summed E-state index contributed by atoms with van der Waals surface area (Å²) < 4.78 is 5.59. The predicted octanol–water partition coefficient (Wildman–Crippen LogP) is 1.93. The van der Waals surface area contributed by atoms with Crippen LogP contribution in [0.2, 0.25) is 0 Å². The Hall–Kier alpha value is -1.58. The molecular weight excluding hydrogens is 214 g/mol. The van der Waals surface area contributed by atoms with Crippen LogP contribution < -0.4 is 10.5 Å². The normalized spacial score (nSPS) is 12.6. The van der Waals surface area contributed by atoms with Crippen LogP contribution in [0.15, 0.2) is 42.5 Å². The van der Waals surface area contributed by atoms with E-state index in [1.165, 1.54) is 5.39 Å². The van der Waals surface area contributed by atoms with Crippen molar-refractivity contribution in [1.29, 1.82) is 0 Å². The fourth-order valence-corrected chi connectivity index (χ4v) is 1.71. The minimum absolute atomic E-state index is 0.0995. The molecule has 90 valence electrons. The lowest BCUT2D eigenvalue weighted by atomic mass is 10.1. The summed E-state index contributed by atoms with van der Waals surface area (Å²) >= 11 is 0. The van der Waals surface area contributed by atoms with Crippen molar-refractivity contribution in [2.45, 2.75) is 12.5 Å². The van der Waals surface area contributed by atoms with Crippen LogP contribution in [0.4, 0.5) is 0 Å². The van der Waals surface area contributed by atoms with Gasteiger partial charge in [0.25, 0.3) is 0 Å². The van der Waals surface area contributed by atoms with Crippen molar-refractivity contribution in [2.24, 2.45) is 5.73 Å². The van der Waals surface area contributed by atoms with Gasteiger partial charge in [-0.3, -0.25) is 0 Å². The van der Waals surface area contributed by atoms with Crippen LogP contribution in [0, 0.1) is 0 Å². The molecule has 0 bridgehead atoms. The summed E-state index contributed by atoms with van der Waals surface area (Å²) in [5, 5.41) is 11.1. The molecule has 1 atom stereocenters. The summed E-state index contributed by atoms with van der Waals surface area (Å²) in [7, 11) is 0. The van der Waals surface area contributed by atoms with Gasteiger partial charge in [-0.1, -0.05) is 30.3 Å². The third-order valence-electron chi connectivity index (χ3n) is 2.68. The van der Waals surface area contributed by atoms with Crippen molar-refractivity contribution in [3.05, 3.63) is 42.5 Å². The summed E-state index contributed by atoms with van der Waals surface area (Å²) in [5.41, 5.74) is 5.76. The molecule has 0 radical (unpaired) electrons. The maximum Gasteiger partial charge on any atom is 0.120 e. The number of aliphatic hydroxyl groups excluding tert-OH is 1. The number of benzene rings is 2. The van der Waals surface area contributed by atoms with E-state index < -0.39 is 0 Å². The van der Waals surface area contributed by atoms with E-state index in [1.54, 1.807) is 0 Å². The van der Waals surface area contributed by atoms with Crippen molar-refractivity contribution in [3.8, 4) is 5.75 Å². The van der Waals surface area contributed by atoms with Crippen molar-refractivity contribution < 1.29 is 9.84 Å². The molecule has 0 heterocycles. The summed E-state index contributed by atoms with van der Waals surface area (Å²) in [6, 6.07) is 14.0. The minimum Gasteiger partial charge on any atom is -0.492 e. The highest BCUT2D eigenvalue weighted by Gasteiger charge is 2.03. The molecule has 2 aromatic carbocycles. The monoisotopic (exact) mass is 231 g/mol. The SMILES string of the molecule is NC(CCO)COc1ccc2ccccc2c1. The molecule has 0 aliphatic rings. The van der Waals surface area contributed by atoms with E-state index in [1.807, 2.05) is 30.3 Å². The molecule has 2 aromatic rings. The zero-order valence-corrected chi connectivity index (χ0v) is 9.67. The van der Waals surface area contributed by atoms with Crippen LogP contribution in [-0.2, 0) is 0 Å². The molecule has 0 amide bonds. The first-order valence-electron chi connectivity index (χ1n) is 5.77. The highest BCUT2D eigenvalue weighted by molar-refractivity contribution is 5.83. The molecule has 0 saturated carbocycles. The van der Waals surface area contributed by atoms with Gasteiger partial charge in [0.05, 0.1) is 0 Å². The molecule has 0 saturated heterocycles. The van der Waals surface area contributed by atoms with E-state index in [2.05, 4.69) is 12.1 Å². The number of hydrogen-bond donors (Lipinski definition) is 2. The Kier molecular flexibility index (Phi) is 3.96. The average Bonchev–Trinajstić information content (AvgIpc) is 2.36. The first kappa shape index (κ1) is 11.9. The fraction of sp³-hybridized carbons (Fsp3) is 0.286. The molecule has 0 fully saturated rings. The van der Waals surface area contributed by atoms with Crippen molar-refractivity contribution in [3.63, 3.8) is 0 Å². The molecule has 2 rings (SSSR count). The Labute approximate surface area is 101 Å². The van der Waals surface area contributed by atoms with E-state index >= 15 is 0 Å². The summed E-state index contributed by atoms with van der Waals surface area (Å²) in [5.74, 6) is 0.817. The molecule has 0 spiro atoms. The zero-order valence-electron chi connectivity index (χ0n) is 9.67. The standard InChI is InChI=1S/C14H17NO2/c15-13(7-8-16)10-17-14-6-5-11-3-1-2-4-12(11)9-14/h1-6,9,13,16H,7-8,10,15H2. The summed E-state index contributed by atoms with van der Waals surface area (Å²) in [6.45, 7) is 0.529. The number of rotatable bonds is 5. The Bertz CT molecular complexity index is 484. The second-order valence-corrected chi connectivity index (χ2v) is 4.09. The van der Waals surface area contributed by atoms with Crippen LogP contribution in [0.3, 0.4) is 0 Å². The van der Waals surface area contributed by atoms with Crippen LogP contribution in [0.5, 0.6) is 5.75 Å². The molecule has 3 N–H and O–H groups in total. The second kappa shape index (κ2) is 5.66. The molecule has 3 heteroatoms. The van der Waals surface area contributed by atoms with E-state index in [9.17, 15) is 0 Å². The van der Waals surface area contributed by atoms with Crippen molar-refractivity contribution >= 4 is 10.8 Å². The average molecular weight is 231 g/mol. The van der Waals surface area contributed by atoms with Gasteiger partial charge in [0.2, 0.25) is 0 Å². The topological polar surface area (TPSA) is 55.5 Å². The first-order chi connectivity index (χ1) is 8.29. The third kappa shape index (κ3) is 3.19. The van der Waals surface area contributed by atoms with Gasteiger partial charge in [0.1, 0.15) is 12.4 Å². The van der Waals surface area contributed by atoms with Crippen molar-refractivity contribution in [1.82, 2.24) is 0 Å². The minimum atomic E-state index is -0.119. The van der Waals surface area contributed by atoms with Crippen LogP contribution in [0.25, 0.3) is 10.8 Å². The van der Waals surface area contributed by atoms with Gasteiger partial charge in [0.15, 0.2) is 0 Å². The Balaban J connectivity index is 2.04. The van der Waals surface area contributed by atoms with Gasteiger partial charge in [-0.15, -0.1) is 0 Å². The van der Waals surface area contributed by atoms with Gasteiger partial charge < -0.3 is 15.6 Å². The maximum absolute atomic E-state index is 8.74. The largest absolute Gasteiger partial charge is 0.492 e. The van der Waals surface area contributed by atoms with Gasteiger partial charge in [-0.2, -0.15) is 0 Å². The number of ether oxygens (including phenoxy) is 1. The molecule has 3 nitrogen and oxygen atoms in total. The number of nitrogens with two attached hydrogens (primary N) is 1. The lowest BCUT2D eigenvalue weighted by Crippen LogP contribution is -2.28. The number of hydrogen-bond acceptors (Lipinski definition) is 3. The summed E-state index contributed by atoms with van der Waals surface area (Å²) in [6.07, 6.45) is 0.563. The lowest BCUT2D eigenvalue weighted by molar-refractivity contribution is 0.233. The molecule has 0 aliphatic carbocycles. The smallest absolute Gasteiger partial charge is 0.120 e. The molecule has 0 aromatic heterocycles. The number of fused-ring (bicyclic) bond motifs is 1. The van der Waals surface area contributed by atoms with Crippen LogP contribution in [0.1, 0.15) is 6.42 Å². The fourth-order valence-electron chi connectivity index (χ4n) is 1.71. The molecule has 1 unspecified atom stereocenters. The zero-order chi connectivity index (χ0) is 12.1. The number of aliphatic hydroxyl groups is 1. The third-order valence-corrected chi connectivity index (χ3v) is 2.68. The Morgan fingerprint density at radius 3 is 2.65 bits per heavy atom. The lowest BCUT2D eigenvalue weighted by Gasteiger charge is -2.12. The Morgan fingerprint density at radius 1 is 1.12 bits per heavy atom. The van der Waals surface area contributed by atoms with Gasteiger partial charge >= 0.3 is 0 Å². The quantitative estimate of drug-likeness (QED) is 0.826. The van der Waals surface area contributed by atoms with Gasteiger partial charge in [-0.25, -0.2) is 0 Å². The van der Waals surface area contributed by atoms with Crippen LogP contribution >= 0.6 is 0 Å².